The molecule has 3 aromatic heterocycles. The number of anilines is 2. The number of carbonyl (C=O) groups excluding carboxylic acids is 2. The Hall–Kier alpha value is -3.05. The summed E-state index contributed by atoms with van der Waals surface area (Å²) < 4.78 is 38.9. The van der Waals surface area contributed by atoms with Crippen molar-refractivity contribution in [1.29, 1.82) is 0 Å². The number of amides is 1. The van der Waals surface area contributed by atoms with Gasteiger partial charge >= 0.3 is 6.18 Å². The average molecular weight is 470 g/mol. The highest BCUT2D eigenvalue weighted by atomic mass is 35.5. The molecule has 3 rings (SSSR count). The predicted molar refractivity (Wildman–Crippen MR) is 110 cm³/mol. The molecule has 3 N–H and O–H groups in total. The Bertz CT molecular complexity index is 1140. The zero-order chi connectivity index (χ0) is 22.8. The summed E-state index contributed by atoms with van der Waals surface area (Å²) in [5.74, 6) is -1.52. The number of aromatic nitrogens is 3. The van der Waals surface area contributed by atoms with E-state index in [1.54, 1.807) is 13.0 Å². The number of hydrogen-bond donors (Lipinski definition) is 2. The summed E-state index contributed by atoms with van der Waals surface area (Å²) in [5, 5.41) is 2.24. The molecule has 0 spiro atoms. The molecular formula is C19H15ClF3N5O2S. The van der Waals surface area contributed by atoms with Gasteiger partial charge < -0.3 is 11.1 Å². The zero-order valence-electron chi connectivity index (χ0n) is 15.9. The van der Waals surface area contributed by atoms with E-state index in [-0.39, 0.29) is 34.5 Å². The van der Waals surface area contributed by atoms with Crippen LogP contribution in [0, 0.1) is 0 Å². The maximum Gasteiger partial charge on any atom is 0.418 e. The highest BCUT2D eigenvalue weighted by molar-refractivity contribution is 7.13. The number of nitrogen functional groups attached to an aromatic ring is 1. The summed E-state index contributed by atoms with van der Waals surface area (Å²) in [6, 6.07) is 3.70. The second-order valence-corrected chi connectivity index (χ2v) is 8.04. The van der Waals surface area contributed by atoms with Crippen LogP contribution in [0.2, 0.25) is 5.02 Å². The van der Waals surface area contributed by atoms with Gasteiger partial charge in [-0.15, -0.1) is 11.3 Å². The van der Waals surface area contributed by atoms with Gasteiger partial charge in [0.2, 0.25) is 0 Å². The minimum atomic E-state index is -4.68. The van der Waals surface area contributed by atoms with Crippen LogP contribution in [0.25, 0.3) is 0 Å². The van der Waals surface area contributed by atoms with Crippen molar-refractivity contribution in [2.45, 2.75) is 25.4 Å². The Labute approximate surface area is 183 Å². The molecule has 0 fully saturated rings. The quantitative estimate of drug-likeness (QED) is 0.501. The summed E-state index contributed by atoms with van der Waals surface area (Å²) in [7, 11) is 0. The van der Waals surface area contributed by atoms with E-state index in [1.165, 1.54) is 18.5 Å². The summed E-state index contributed by atoms with van der Waals surface area (Å²) in [4.78, 5) is 36.8. The molecule has 0 saturated carbocycles. The molecule has 3 heterocycles. The molecule has 0 aliphatic heterocycles. The smallest absolute Gasteiger partial charge is 0.399 e. The van der Waals surface area contributed by atoms with Gasteiger partial charge in [0.1, 0.15) is 16.4 Å². The van der Waals surface area contributed by atoms with Crippen LogP contribution in [0.5, 0.6) is 0 Å². The lowest BCUT2D eigenvalue weighted by atomic mass is 10.0. The molecule has 3 aromatic rings. The highest BCUT2D eigenvalue weighted by Gasteiger charge is 2.34. The Morgan fingerprint density at radius 2 is 1.97 bits per heavy atom. The molecule has 0 aliphatic rings. The second-order valence-electron chi connectivity index (χ2n) is 6.57. The van der Waals surface area contributed by atoms with Gasteiger partial charge in [-0.05, 0) is 18.2 Å². The first-order valence-corrected chi connectivity index (χ1v) is 9.98. The fourth-order valence-electron chi connectivity index (χ4n) is 2.59. The molecule has 7 nitrogen and oxygen atoms in total. The molecule has 0 radical (unpaired) electrons. The Morgan fingerprint density at radius 3 is 2.65 bits per heavy atom. The highest BCUT2D eigenvalue weighted by Crippen LogP contribution is 2.35. The van der Waals surface area contributed by atoms with E-state index in [2.05, 4.69) is 20.3 Å². The molecule has 1 atom stereocenters. The predicted octanol–water partition coefficient (Wildman–Crippen LogP) is 4.82. The van der Waals surface area contributed by atoms with Gasteiger partial charge in [-0.3, -0.25) is 14.6 Å². The number of halogens is 4. The maximum absolute atomic E-state index is 13.0. The Kier molecular flexibility index (Phi) is 6.56. The molecule has 0 aromatic carbocycles. The molecular weight excluding hydrogens is 455 g/mol. The number of Topliss-reactive ketones (excluding diaryl/α,β-unsaturated/α-hetero) is 1. The zero-order valence-corrected chi connectivity index (χ0v) is 17.5. The largest absolute Gasteiger partial charge is 0.418 e. The van der Waals surface area contributed by atoms with Gasteiger partial charge in [0, 0.05) is 30.4 Å². The van der Waals surface area contributed by atoms with Crippen molar-refractivity contribution in [3.8, 4) is 0 Å². The van der Waals surface area contributed by atoms with E-state index in [4.69, 9.17) is 17.3 Å². The van der Waals surface area contributed by atoms with Crippen LogP contribution in [0.3, 0.4) is 0 Å². The van der Waals surface area contributed by atoms with Crippen LogP contribution in [0.1, 0.15) is 50.0 Å². The van der Waals surface area contributed by atoms with E-state index < -0.39 is 22.7 Å². The van der Waals surface area contributed by atoms with Crippen molar-refractivity contribution in [2.75, 3.05) is 11.1 Å². The van der Waals surface area contributed by atoms with Gasteiger partial charge in [-0.2, -0.15) is 13.2 Å². The van der Waals surface area contributed by atoms with Crippen LogP contribution in [0.4, 0.5) is 24.7 Å². The van der Waals surface area contributed by atoms with Crippen molar-refractivity contribution in [2.24, 2.45) is 0 Å². The van der Waals surface area contributed by atoms with Gasteiger partial charge in [0.25, 0.3) is 5.91 Å². The first kappa shape index (κ1) is 22.6. The fourth-order valence-corrected chi connectivity index (χ4v) is 3.67. The van der Waals surface area contributed by atoms with E-state index in [0.717, 1.165) is 17.5 Å². The van der Waals surface area contributed by atoms with Crippen LogP contribution in [-0.4, -0.2) is 26.6 Å². The number of nitrogens with zero attached hydrogens (tertiary/aromatic N) is 3. The topological polar surface area (TPSA) is 111 Å². The Morgan fingerprint density at radius 1 is 1.23 bits per heavy atom. The molecule has 0 bridgehead atoms. The number of pyridine rings is 2. The van der Waals surface area contributed by atoms with Gasteiger partial charge in [0.15, 0.2) is 5.78 Å². The third kappa shape index (κ3) is 5.56. The summed E-state index contributed by atoms with van der Waals surface area (Å²) in [6.07, 6.45) is -1.05. The molecule has 1 unspecified atom stereocenters. The number of alkyl halides is 3. The lowest BCUT2D eigenvalue weighted by Crippen LogP contribution is -2.13. The molecule has 1 amide bonds. The van der Waals surface area contributed by atoms with E-state index >= 15 is 0 Å². The van der Waals surface area contributed by atoms with E-state index in [9.17, 15) is 22.8 Å². The van der Waals surface area contributed by atoms with Crippen LogP contribution in [0.15, 0.2) is 36.8 Å². The first-order valence-electron chi connectivity index (χ1n) is 8.79. The van der Waals surface area contributed by atoms with Crippen molar-refractivity contribution in [1.82, 2.24) is 15.0 Å². The monoisotopic (exact) mass is 469 g/mol. The number of rotatable bonds is 6. The van der Waals surface area contributed by atoms with Crippen molar-refractivity contribution < 1.29 is 22.8 Å². The van der Waals surface area contributed by atoms with Crippen molar-refractivity contribution in [3.63, 3.8) is 0 Å². The number of thiazole rings is 1. The molecule has 162 valence electrons. The molecule has 12 heteroatoms. The second kappa shape index (κ2) is 8.98. The summed E-state index contributed by atoms with van der Waals surface area (Å²) in [6.45, 7) is 1.76. The first-order chi connectivity index (χ1) is 14.5. The minimum Gasteiger partial charge on any atom is -0.399 e. The number of nitrogens with one attached hydrogen (secondary N) is 1. The van der Waals surface area contributed by atoms with Gasteiger partial charge in [0.05, 0.1) is 21.8 Å². The molecule has 0 saturated heterocycles. The standard InChI is InChI=1S/C19H15ClF3N5O2S/c1-9(4-14(29)13-5-10(24)2-3-25-13)18-27-8-15(31-18)17(30)28-16-6-11(19(21,22)23)12(20)7-26-16/h2-3,5-9H,4H2,1H3,(H2,24,25)(H,26,28,30). The normalized spacial score (nSPS) is 12.4. The van der Waals surface area contributed by atoms with Gasteiger partial charge in [-0.1, -0.05) is 18.5 Å². The fraction of sp³-hybridized carbons (Fsp3) is 0.211. The number of carbonyl (C=O) groups is 2. The number of nitrogens with two attached hydrogens (primary N) is 1. The number of hydrogen-bond acceptors (Lipinski definition) is 7. The maximum atomic E-state index is 13.0. The SMILES string of the molecule is CC(CC(=O)c1cc(N)ccn1)c1ncc(C(=O)Nc2cc(C(F)(F)F)c(Cl)cn2)s1. The van der Waals surface area contributed by atoms with E-state index in [1.807, 2.05) is 0 Å². The lowest BCUT2D eigenvalue weighted by Gasteiger charge is -2.10. The summed E-state index contributed by atoms with van der Waals surface area (Å²) in [5.41, 5.74) is 5.21. The van der Waals surface area contributed by atoms with Crippen molar-refractivity contribution >= 4 is 46.1 Å². The van der Waals surface area contributed by atoms with Crippen LogP contribution >= 0.6 is 22.9 Å². The van der Waals surface area contributed by atoms with Crippen LogP contribution < -0.4 is 11.1 Å². The molecule has 0 aliphatic carbocycles. The van der Waals surface area contributed by atoms with Gasteiger partial charge in [-0.25, -0.2) is 9.97 Å². The summed E-state index contributed by atoms with van der Waals surface area (Å²) >= 11 is 6.55. The number of ketones is 1. The average Bonchev–Trinajstić information content (AvgIpc) is 3.19. The Balaban J connectivity index is 1.69. The molecule has 31 heavy (non-hydrogen) atoms. The lowest BCUT2D eigenvalue weighted by molar-refractivity contribution is -0.137. The third-order valence-corrected chi connectivity index (χ3v) is 5.66. The van der Waals surface area contributed by atoms with Crippen LogP contribution in [-0.2, 0) is 6.18 Å². The third-order valence-electron chi connectivity index (χ3n) is 4.13. The van der Waals surface area contributed by atoms with E-state index in [0.29, 0.717) is 16.8 Å². The minimum absolute atomic E-state index is 0.0959. The van der Waals surface area contributed by atoms with Crippen molar-refractivity contribution in [3.05, 3.63) is 63.0 Å².